The summed E-state index contributed by atoms with van der Waals surface area (Å²) in [7, 11) is 0. The first kappa shape index (κ1) is 13.0. The van der Waals surface area contributed by atoms with E-state index in [4.69, 9.17) is 0 Å². The molecule has 0 fully saturated rings. The molecule has 1 atom stereocenters. The van der Waals surface area contributed by atoms with Crippen LogP contribution in [0.5, 0.6) is 0 Å². The van der Waals surface area contributed by atoms with Crippen molar-refractivity contribution < 1.29 is 5.11 Å². The summed E-state index contributed by atoms with van der Waals surface area (Å²) >= 11 is 3.47. The van der Waals surface area contributed by atoms with E-state index < -0.39 is 5.60 Å². The fourth-order valence-electron chi connectivity index (χ4n) is 1.40. The molecule has 2 N–H and O–H groups in total. The van der Waals surface area contributed by atoms with Gasteiger partial charge in [-0.2, -0.15) is 11.8 Å². The molecule has 2 nitrogen and oxygen atoms in total. The van der Waals surface area contributed by atoms with Gasteiger partial charge in [0.05, 0.1) is 5.60 Å². The fourth-order valence-corrected chi connectivity index (χ4v) is 2.98. The Morgan fingerprint density at radius 3 is 2.80 bits per heavy atom. The van der Waals surface area contributed by atoms with E-state index in [9.17, 15) is 5.11 Å². The van der Waals surface area contributed by atoms with Crippen molar-refractivity contribution in [2.45, 2.75) is 26.0 Å². The number of nitrogens with one attached hydrogen (secondary N) is 1. The van der Waals surface area contributed by atoms with E-state index in [1.807, 2.05) is 13.2 Å². The van der Waals surface area contributed by atoms with Gasteiger partial charge in [0.25, 0.3) is 0 Å². The number of aliphatic hydroxyl groups is 1. The number of hydrogen-bond acceptors (Lipinski definition) is 4. The summed E-state index contributed by atoms with van der Waals surface area (Å²) < 4.78 is 0. The van der Waals surface area contributed by atoms with Crippen molar-refractivity contribution in [3.63, 3.8) is 0 Å². The quantitative estimate of drug-likeness (QED) is 0.806. The Morgan fingerprint density at radius 1 is 1.53 bits per heavy atom. The lowest BCUT2D eigenvalue weighted by Crippen LogP contribution is -2.39. The van der Waals surface area contributed by atoms with Crippen LogP contribution in [0.2, 0.25) is 0 Å². The molecule has 15 heavy (non-hydrogen) atoms. The second-order valence-corrected chi connectivity index (χ2v) is 6.28. The lowest BCUT2D eigenvalue weighted by Gasteiger charge is -2.22. The molecule has 0 aliphatic rings. The van der Waals surface area contributed by atoms with Crippen LogP contribution in [-0.2, 0) is 6.54 Å². The molecule has 1 aromatic heterocycles. The Hall–Kier alpha value is -0.0300. The predicted molar refractivity (Wildman–Crippen MR) is 69.8 cm³/mol. The van der Waals surface area contributed by atoms with Crippen LogP contribution in [0.1, 0.15) is 16.7 Å². The van der Waals surface area contributed by atoms with Crippen LogP contribution >= 0.6 is 23.1 Å². The molecule has 1 unspecified atom stereocenters. The van der Waals surface area contributed by atoms with E-state index >= 15 is 0 Å². The van der Waals surface area contributed by atoms with Crippen LogP contribution in [0.4, 0.5) is 0 Å². The molecule has 86 valence electrons. The van der Waals surface area contributed by atoms with Crippen molar-refractivity contribution in [1.82, 2.24) is 5.32 Å². The fraction of sp³-hybridized carbons (Fsp3) is 0.636. The zero-order valence-corrected chi connectivity index (χ0v) is 11.2. The topological polar surface area (TPSA) is 32.3 Å². The van der Waals surface area contributed by atoms with Crippen LogP contribution in [0, 0.1) is 6.92 Å². The third-order valence-electron chi connectivity index (χ3n) is 2.06. The van der Waals surface area contributed by atoms with Crippen molar-refractivity contribution >= 4 is 23.1 Å². The number of thioether (sulfide) groups is 1. The van der Waals surface area contributed by atoms with Crippen LogP contribution in [0.25, 0.3) is 0 Å². The van der Waals surface area contributed by atoms with Gasteiger partial charge >= 0.3 is 0 Å². The highest BCUT2D eigenvalue weighted by atomic mass is 32.2. The third kappa shape index (κ3) is 5.02. The number of hydrogen-bond donors (Lipinski definition) is 2. The minimum absolute atomic E-state index is 0.605. The highest BCUT2D eigenvalue weighted by Crippen LogP contribution is 2.15. The standard InChI is InChI=1S/C11H19NOS2/c1-9-4-5-10(15-9)6-12-7-11(2,13)8-14-3/h4-5,12-13H,6-8H2,1-3H3. The maximum absolute atomic E-state index is 9.92. The molecule has 1 heterocycles. The molecular formula is C11H19NOS2. The number of thiophene rings is 1. The van der Waals surface area contributed by atoms with E-state index in [0.717, 1.165) is 12.3 Å². The van der Waals surface area contributed by atoms with Crippen LogP contribution < -0.4 is 5.32 Å². The van der Waals surface area contributed by atoms with Crippen LogP contribution in [0.15, 0.2) is 12.1 Å². The Morgan fingerprint density at radius 2 is 2.27 bits per heavy atom. The minimum atomic E-state index is -0.605. The summed E-state index contributed by atoms with van der Waals surface area (Å²) in [6.45, 7) is 5.47. The zero-order valence-electron chi connectivity index (χ0n) is 9.54. The predicted octanol–water partition coefficient (Wildman–Crippen LogP) is 2.26. The molecule has 0 saturated carbocycles. The molecule has 0 amide bonds. The smallest absolute Gasteiger partial charge is 0.0833 e. The monoisotopic (exact) mass is 245 g/mol. The molecule has 1 rings (SSSR count). The average Bonchev–Trinajstić information content (AvgIpc) is 2.51. The summed E-state index contributed by atoms with van der Waals surface area (Å²) in [5, 5.41) is 13.2. The summed E-state index contributed by atoms with van der Waals surface area (Å²) in [4.78, 5) is 2.66. The second-order valence-electron chi connectivity index (χ2n) is 4.05. The van der Waals surface area contributed by atoms with Crippen molar-refractivity contribution in [2.75, 3.05) is 18.6 Å². The third-order valence-corrected chi connectivity index (χ3v) is 3.97. The molecule has 0 aliphatic carbocycles. The van der Waals surface area contributed by atoms with E-state index in [-0.39, 0.29) is 0 Å². The van der Waals surface area contributed by atoms with Gasteiger partial charge in [0.2, 0.25) is 0 Å². The van der Waals surface area contributed by atoms with E-state index in [1.54, 1.807) is 23.1 Å². The molecule has 0 bridgehead atoms. The maximum atomic E-state index is 9.92. The molecule has 0 saturated heterocycles. The SMILES string of the molecule is CSCC(C)(O)CNCc1ccc(C)s1. The molecule has 0 aliphatic heterocycles. The lowest BCUT2D eigenvalue weighted by molar-refractivity contribution is 0.0846. The summed E-state index contributed by atoms with van der Waals surface area (Å²) in [6, 6.07) is 4.26. The van der Waals surface area contributed by atoms with Gasteiger partial charge in [0.15, 0.2) is 0 Å². The Balaban J connectivity index is 2.27. The largest absolute Gasteiger partial charge is 0.388 e. The number of rotatable bonds is 6. The first-order valence-electron chi connectivity index (χ1n) is 5.01. The molecule has 0 aromatic carbocycles. The van der Waals surface area contributed by atoms with Crippen LogP contribution in [-0.4, -0.2) is 29.3 Å². The molecule has 4 heteroatoms. The van der Waals surface area contributed by atoms with E-state index in [0.29, 0.717) is 6.54 Å². The molecule has 1 aromatic rings. The number of aryl methyl sites for hydroxylation is 1. The molecular weight excluding hydrogens is 226 g/mol. The normalized spacial score (nSPS) is 15.2. The Kier molecular flexibility index (Phi) is 5.12. The van der Waals surface area contributed by atoms with E-state index in [1.165, 1.54) is 9.75 Å². The van der Waals surface area contributed by atoms with Gasteiger partial charge in [0, 0.05) is 28.6 Å². The van der Waals surface area contributed by atoms with E-state index in [2.05, 4.69) is 24.4 Å². The molecule has 0 spiro atoms. The van der Waals surface area contributed by atoms with Gasteiger partial charge < -0.3 is 10.4 Å². The maximum Gasteiger partial charge on any atom is 0.0833 e. The Bertz CT molecular complexity index is 297. The van der Waals surface area contributed by atoms with Gasteiger partial charge in [-0.25, -0.2) is 0 Å². The van der Waals surface area contributed by atoms with Crippen molar-refractivity contribution in [3.05, 3.63) is 21.9 Å². The second kappa shape index (κ2) is 5.89. The summed E-state index contributed by atoms with van der Waals surface area (Å²) in [6.07, 6.45) is 2.01. The summed E-state index contributed by atoms with van der Waals surface area (Å²) in [5.74, 6) is 0.767. The van der Waals surface area contributed by atoms with Gasteiger partial charge in [-0.1, -0.05) is 0 Å². The van der Waals surface area contributed by atoms with Gasteiger partial charge in [-0.15, -0.1) is 11.3 Å². The first-order chi connectivity index (χ1) is 7.03. The lowest BCUT2D eigenvalue weighted by atomic mass is 10.1. The van der Waals surface area contributed by atoms with Crippen molar-refractivity contribution in [3.8, 4) is 0 Å². The highest BCUT2D eigenvalue weighted by Gasteiger charge is 2.18. The first-order valence-corrected chi connectivity index (χ1v) is 7.22. The zero-order chi connectivity index (χ0) is 11.3. The van der Waals surface area contributed by atoms with Gasteiger partial charge in [-0.3, -0.25) is 0 Å². The minimum Gasteiger partial charge on any atom is -0.388 e. The van der Waals surface area contributed by atoms with Crippen molar-refractivity contribution in [2.24, 2.45) is 0 Å². The Labute approximate surface area is 100 Å². The average molecular weight is 245 g/mol. The van der Waals surface area contributed by atoms with Gasteiger partial charge in [0.1, 0.15) is 0 Å². The van der Waals surface area contributed by atoms with Gasteiger partial charge in [-0.05, 0) is 32.2 Å². The summed E-state index contributed by atoms with van der Waals surface area (Å²) in [5.41, 5.74) is -0.605. The molecule has 0 radical (unpaired) electrons. The van der Waals surface area contributed by atoms with Crippen LogP contribution in [0.3, 0.4) is 0 Å². The highest BCUT2D eigenvalue weighted by molar-refractivity contribution is 7.98. The van der Waals surface area contributed by atoms with Crippen molar-refractivity contribution in [1.29, 1.82) is 0 Å².